The number of benzene rings is 2. The summed E-state index contributed by atoms with van der Waals surface area (Å²) in [5.74, 6) is 0.395. The third kappa shape index (κ3) is 3.96. The number of fused-ring (bicyclic) bond motifs is 2. The van der Waals surface area contributed by atoms with E-state index in [1.165, 1.54) is 12.1 Å². The molecule has 0 aliphatic carbocycles. The second kappa shape index (κ2) is 8.58. The first-order valence-electron chi connectivity index (χ1n) is 10.6. The fraction of sp³-hybridized carbons (Fsp3) is 0.160. The van der Waals surface area contributed by atoms with Crippen LogP contribution in [0.3, 0.4) is 0 Å². The first-order valence-corrected chi connectivity index (χ1v) is 10.6. The molecule has 0 amide bonds. The summed E-state index contributed by atoms with van der Waals surface area (Å²) in [4.78, 5) is 18.3. The van der Waals surface area contributed by atoms with Crippen LogP contribution in [0.25, 0.3) is 38.6 Å². The fourth-order valence-corrected chi connectivity index (χ4v) is 3.95. The van der Waals surface area contributed by atoms with E-state index >= 15 is 0 Å². The summed E-state index contributed by atoms with van der Waals surface area (Å²) >= 11 is 0. The third-order valence-electron chi connectivity index (χ3n) is 5.38. The average Bonchev–Trinajstić information content (AvgIpc) is 3.18. The van der Waals surface area contributed by atoms with E-state index < -0.39 is 6.61 Å². The van der Waals surface area contributed by atoms with Crippen molar-refractivity contribution in [2.24, 2.45) is 7.05 Å². The van der Waals surface area contributed by atoms with Gasteiger partial charge in [-0.3, -0.25) is 14.0 Å². The van der Waals surface area contributed by atoms with Gasteiger partial charge in [-0.1, -0.05) is 12.1 Å². The smallest absolute Gasteiger partial charge is 0.387 e. The van der Waals surface area contributed by atoms with E-state index in [0.717, 1.165) is 16.3 Å². The van der Waals surface area contributed by atoms with Crippen LogP contribution >= 0.6 is 0 Å². The van der Waals surface area contributed by atoms with Crippen molar-refractivity contribution in [2.45, 2.75) is 13.5 Å². The lowest BCUT2D eigenvalue weighted by Gasteiger charge is -2.14. The SMILES string of the molecule is CCOc1ccc2cn(-c3ccc4nn(C)cc4c3)c(=O)c(-c3ccc(OC(F)F)cc3)c2n1. The molecule has 34 heavy (non-hydrogen) atoms. The first-order chi connectivity index (χ1) is 16.4. The molecule has 0 atom stereocenters. The molecule has 172 valence electrons. The number of aryl methyl sites for hydroxylation is 1. The molecule has 7 nitrogen and oxygen atoms in total. The van der Waals surface area contributed by atoms with E-state index in [9.17, 15) is 13.6 Å². The van der Waals surface area contributed by atoms with E-state index in [-0.39, 0.29) is 11.3 Å². The Kier molecular flexibility index (Phi) is 5.45. The van der Waals surface area contributed by atoms with E-state index in [2.05, 4.69) is 14.8 Å². The molecule has 2 aromatic carbocycles. The Bertz CT molecular complexity index is 1560. The van der Waals surface area contributed by atoms with Crippen molar-refractivity contribution >= 4 is 21.8 Å². The number of hydrogen-bond acceptors (Lipinski definition) is 5. The highest BCUT2D eigenvalue weighted by atomic mass is 19.3. The number of halogens is 2. The molecule has 0 fully saturated rings. The molecule has 0 bridgehead atoms. The predicted molar refractivity (Wildman–Crippen MR) is 125 cm³/mol. The molecular weight excluding hydrogens is 442 g/mol. The molecule has 9 heteroatoms. The van der Waals surface area contributed by atoms with Crippen LogP contribution in [0.5, 0.6) is 11.6 Å². The number of ether oxygens (including phenoxy) is 2. The standard InChI is InChI=1S/C25H20F2N4O3/c1-3-33-21-11-6-16-14-31(18-7-10-20-17(12-18)13-30(2)29-20)24(32)22(23(16)28-21)15-4-8-19(9-5-15)34-25(26)27/h4-14,25H,3H2,1-2H3. The monoisotopic (exact) mass is 462 g/mol. The summed E-state index contributed by atoms with van der Waals surface area (Å²) in [5.41, 5.74) is 2.48. The zero-order chi connectivity index (χ0) is 23.8. The average molecular weight is 462 g/mol. The van der Waals surface area contributed by atoms with Crippen LogP contribution < -0.4 is 15.0 Å². The van der Waals surface area contributed by atoms with Gasteiger partial charge in [-0.25, -0.2) is 4.98 Å². The van der Waals surface area contributed by atoms with Crippen molar-refractivity contribution in [2.75, 3.05) is 6.61 Å². The highest BCUT2D eigenvalue weighted by molar-refractivity contribution is 5.93. The van der Waals surface area contributed by atoms with E-state index in [4.69, 9.17) is 4.74 Å². The van der Waals surface area contributed by atoms with Gasteiger partial charge in [-0.2, -0.15) is 13.9 Å². The minimum atomic E-state index is -2.93. The summed E-state index contributed by atoms with van der Waals surface area (Å²) in [6.45, 7) is -0.657. The van der Waals surface area contributed by atoms with Crippen molar-refractivity contribution in [3.05, 3.63) is 77.3 Å². The Morgan fingerprint density at radius 3 is 2.53 bits per heavy atom. The maximum Gasteiger partial charge on any atom is 0.387 e. The van der Waals surface area contributed by atoms with Crippen LogP contribution in [0.1, 0.15) is 6.92 Å². The van der Waals surface area contributed by atoms with Gasteiger partial charge in [0, 0.05) is 42.0 Å². The number of rotatable bonds is 6. The highest BCUT2D eigenvalue weighted by Crippen LogP contribution is 2.29. The zero-order valence-corrected chi connectivity index (χ0v) is 18.4. The molecule has 5 rings (SSSR count). The quantitative estimate of drug-likeness (QED) is 0.358. The number of alkyl halides is 2. The van der Waals surface area contributed by atoms with Gasteiger partial charge in [-0.15, -0.1) is 0 Å². The lowest BCUT2D eigenvalue weighted by atomic mass is 10.0. The summed E-state index contributed by atoms with van der Waals surface area (Å²) in [5, 5.41) is 6.00. The Morgan fingerprint density at radius 2 is 1.79 bits per heavy atom. The minimum absolute atomic E-state index is 0.00399. The van der Waals surface area contributed by atoms with Gasteiger partial charge in [0.05, 0.1) is 23.2 Å². The van der Waals surface area contributed by atoms with Crippen molar-refractivity contribution in [3.63, 3.8) is 0 Å². The predicted octanol–water partition coefficient (Wildman–Crippen LogP) is 4.94. The minimum Gasteiger partial charge on any atom is -0.478 e. The number of pyridine rings is 2. The largest absolute Gasteiger partial charge is 0.478 e. The van der Waals surface area contributed by atoms with Crippen LogP contribution in [0.15, 0.2) is 71.8 Å². The van der Waals surface area contributed by atoms with Crippen LogP contribution in [0, 0.1) is 0 Å². The van der Waals surface area contributed by atoms with Gasteiger partial charge < -0.3 is 9.47 Å². The lowest BCUT2D eigenvalue weighted by Crippen LogP contribution is -2.20. The highest BCUT2D eigenvalue weighted by Gasteiger charge is 2.17. The molecule has 0 radical (unpaired) electrons. The normalized spacial score (nSPS) is 11.4. The second-order valence-corrected chi connectivity index (χ2v) is 7.65. The molecule has 0 aliphatic rings. The molecule has 0 aliphatic heterocycles. The van der Waals surface area contributed by atoms with E-state index in [1.54, 1.807) is 33.6 Å². The van der Waals surface area contributed by atoms with Gasteiger partial charge in [0.1, 0.15) is 5.75 Å². The Morgan fingerprint density at radius 1 is 1.00 bits per heavy atom. The first kappa shape index (κ1) is 21.6. The summed E-state index contributed by atoms with van der Waals surface area (Å²) < 4.78 is 38.4. The lowest BCUT2D eigenvalue weighted by molar-refractivity contribution is -0.0498. The van der Waals surface area contributed by atoms with Gasteiger partial charge in [0.25, 0.3) is 5.56 Å². The van der Waals surface area contributed by atoms with E-state index in [0.29, 0.717) is 34.8 Å². The molecule has 0 saturated carbocycles. The summed E-state index contributed by atoms with van der Waals surface area (Å²) in [7, 11) is 1.84. The summed E-state index contributed by atoms with van der Waals surface area (Å²) in [6.07, 6.45) is 3.61. The number of hydrogen-bond donors (Lipinski definition) is 0. The van der Waals surface area contributed by atoms with Crippen LogP contribution in [0.2, 0.25) is 0 Å². The molecule has 0 unspecified atom stereocenters. The third-order valence-corrected chi connectivity index (χ3v) is 5.38. The fourth-order valence-electron chi connectivity index (χ4n) is 3.95. The molecule has 0 spiro atoms. The van der Waals surface area contributed by atoms with Crippen molar-refractivity contribution in [3.8, 4) is 28.4 Å². The molecule has 3 heterocycles. The van der Waals surface area contributed by atoms with Crippen LogP contribution in [0.4, 0.5) is 8.78 Å². The molecule has 0 N–H and O–H groups in total. The van der Waals surface area contributed by atoms with E-state index in [1.807, 2.05) is 44.4 Å². The van der Waals surface area contributed by atoms with Gasteiger partial charge in [-0.05, 0) is 48.9 Å². The second-order valence-electron chi connectivity index (χ2n) is 7.65. The zero-order valence-electron chi connectivity index (χ0n) is 18.4. The number of nitrogens with zero attached hydrogens (tertiary/aromatic N) is 4. The van der Waals surface area contributed by atoms with Crippen LogP contribution in [-0.4, -0.2) is 32.5 Å². The Labute approximate surface area is 192 Å². The van der Waals surface area contributed by atoms with Crippen molar-refractivity contribution in [1.29, 1.82) is 0 Å². The van der Waals surface area contributed by atoms with Crippen molar-refractivity contribution in [1.82, 2.24) is 19.3 Å². The maximum absolute atomic E-state index is 13.8. The molecule has 3 aromatic heterocycles. The van der Waals surface area contributed by atoms with Gasteiger partial charge in [0.15, 0.2) is 0 Å². The summed E-state index contributed by atoms with van der Waals surface area (Å²) in [6, 6.07) is 15.1. The molecule has 5 aromatic rings. The van der Waals surface area contributed by atoms with Gasteiger partial charge >= 0.3 is 6.61 Å². The molecular formula is C25H20F2N4O3. The van der Waals surface area contributed by atoms with Gasteiger partial charge in [0.2, 0.25) is 5.88 Å². The Hall–Kier alpha value is -4.27. The Balaban J connectivity index is 1.74. The van der Waals surface area contributed by atoms with Crippen LogP contribution in [-0.2, 0) is 7.05 Å². The topological polar surface area (TPSA) is 71.2 Å². The maximum atomic E-state index is 13.8. The van der Waals surface area contributed by atoms with Crippen molar-refractivity contribution < 1.29 is 18.3 Å². The molecule has 0 saturated heterocycles. The number of aromatic nitrogens is 4.